The standard InChI is InChI=1S/C5H11N.C4H6O2/c1-6-4-2-3-5-6;1-2-3-4(5)6-3/h2-5H2,1H3;3H,2H2,1H3. The van der Waals surface area contributed by atoms with Crippen molar-refractivity contribution in [3.63, 3.8) is 0 Å². The summed E-state index contributed by atoms with van der Waals surface area (Å²) in [6.07, 6.45) is 3.62. The lowest BCUT2D eigenvalue weighted by molar-refractivity contribution is -0.117. The number of likely N-dealkylation sites (tertiary alicyclic amines) is 1. The molecule has 2 heterocycles. The van der Waals surface area contributed by atoms with Gasteiger partial charge in [0.05, 0.1) is 0 Å². The molecule has 0 amide bonds. The van der Waals surface area contributed by atoms with Crippen molar-refractivity contribution in [1.82, 2.24) is 4.90 Å². The second-order valence-electron chi connectivity index (χ2n) is 3.34. The van der Waals surface area contributed by atoms with Crippen molar-refractivity contribution in [1.29, 1.82) is 0 Å². The van der Waals surface area contributed by atoms with E-state index in [0.29, 0.717) is 0 Å². The molecule has 3 heteroatoms. The fourth-order valence-corrected chi connectivity index (χ4v) is 1.23. The topological polar surface area (TPSA) is 32.8 Å². The molecule has 0 N–H and O–H groups in total. The van der Waals surface area contributed by atoms with Gasteiger partial charge in [-0.25, -0.2) is 4.79 Å². The Kier molecular flexibility index (Phi) is 3.53. The van der Waals surface area contributed by atoms with Crippen LogP contribution < -0.4 is 0 Å². The molecule has 2 aliphatic heterocycles. The van der Waals surface area contributed by atoms with Crippen molar-refractivity contribution < 1.29 is 9.53 Å². The Bertz CT molecular complexity index is 153. The summed E-state index contributed by atoms with van der Waals surface area (Å²) in [4.78, 5) is 12.3. The van der Waals surface area contributed by atoms with Gasteiger partial charge in [-0.05, 0) is 39.4 Å². The van der Waals surface area contributed by atoms with Gasteiger partial charge in [0.25, 0.3) is 0 Å². The van der Waals surface area contributed by atoms with E-state index < -0.39 is 0 Å². The first kappa shape index (κ1) is 9.52. The number of hydrogen-bond donors (Lipinski definition) is 0. The molecule has 0 aromatic carbocycles. The zero-order valence-corrected chi connectivity index (χ0v) is 7.88. The minimum Gasteiger partial charge on any atom is -0.448 e. The summed E-state index contributed by atoms with van der Waals surface area (Å²) in [5, 5.41) is 0. The van der Waals surface area contributed by atoms with Crippen LogP contribution in [0.25, 0.3) is 0 Å². The molecule has 2 saturated heterocycles. The fourth-order valence-electron chi connectivity index (χ4n) is 1.23. The third-order valence-electron chi connectivity index (χ3n) is 2.16. The SMILES string of the molecule is CCC1OC1=O.CN1CCCC1. The Hall–Kier alpha value is -0.570. The number of cyclic esters (lactones) is 1. The van der Waals surface area contributed by atoms with Gasteiger partial charge in [0.15, 0.2) is 6.10 Å². The molecular formula is C9H17NO2. The molecule has 0 aromatic rings. The smallest absolute Gasteiger partial charge is 0.348 e. The Labute approximate surface area is 73.7 Å². The van der Waals surface area contributed by atoms with E-state index in [2.05, 4.69) is 16.7 Å². The van der Waals surface area contributed by atoms with Crippen molar-refractivity contribution >= 4 is 5.97 Å². The van der Waals surface area contributed by atoms with Crippen molar-refractivity contribution in [3.8, 4) is 0 Å². The third kappa shape index (κ3) is 3.22. The molecule has 12 heavy (non-hydrogen) atoms. The van der Waals surface area contributed by atoms with Crippen LogP contribution in [-0.4, -0.2) is 37.1 Å². The summed E-state index contributed by atoms with van der Waals surface area (Å²) in [5.41, 5.74) is 0. The number of ether oxygens (including phenoxy) is 1. The number of rotatable bonds is 1. The molecule has 1 unspecified atom stereocenters. The summed E-state index contributed by atoms with van der Waals surface area (Å²) in [6.45, 7) is 4.57. The minimum atomic E-state index is -0.0440. The highest BCUT2D eigenvalue weighted by molar-refractivity contribution is 5.86. The van der Waals surface area contributed by atoms with Gasteiger partial charge in [-0.2, -0.15) is 0 Å². The van der Waals surface area contributed by atoms with Crippen molar-refractivity contribution in [3.05, 3.63) is 0 Å². The maximum absolute atomic E-state index is 9.90. The average molecular weight is 171 g/mol. The number of carbonyl (C=O) groups is 1. The lowest BCUT2D eigenvalue weighted by Gasteiger charge is -2.01. The maximum Gasteiger partial charge on any atom is 0.348 e. The van der Waals surface area contributed by atoms with E-state index >= 15 is 0 Å². The van der Waals surface area contributed by atoms with Crippen LogP contribution in [0, 0.1) is 0 Å². The second-order valence-corrected chi connectivity index (χ2v) is 3.34. The summed E-state index contributed by atoms with van der Waals surface area (Å²) in [6, 6.07) is 0. The van der Waals surface area contributed by atoms with Gasteiger partial charge in [-0.15, -0.1) is 0 Å². The maximum atomic E-state index is 9.90. The second kappa shape index (κ2) is 4.45. The molecule has 2 fully saturated rings. The molecule has 0 spiro atoms. The summed E-state index contributed by atoms with van der Waals surface area (Å²) in [5.74, 6) is -0.0440. The van der Waals surface area contributed by atoms with Crippen LogP contribution in [0.4, 0.5) is 0 Å². The van der Waals surface area contributed by atoms with E-state index in [1.807, 2.05) is 6.92 Å². The zero-order chi connectivity index (χ0) is 8.97. The van der Waals surface area contributed by atoms with Crippen LogP contribution in [0.5, 0.6) is 0 Å². The van der Waals surface area contributed by atoms with Crippen molar-refractivity contribution in [2.45, 2.75) is 32.3 Å². The van der Waals surface area contributed by atoms with Crippen LogP contribution >= 0.6 is 0 Å². The van der Waals surface area contributed by atoms with Gasteiger partial charge < -0.3 is 9.64 Å². The van der Waals surface area contributed by atoms with E-state index in [9.17, 15) is 4.79 Å². The van der Waals surface area contributed by atoms with Crippen LogP contribution in [0.3, 0.4) is 0 Å². The third-order valence-corrected chi connectivity index (χ3v) is 2.16. The average Bonchev–Trinajstić information content (AvgIpc) is 2.56. The molecule has 3 nitrogen and oxygen atoms in total. The molecule has 2 aliphatic rings. The van der Waals surface area contributed by atoms with Gasteiger partial charge in [-0.3, -0.25) is 0 Å². The summed E-state index contributed by atoms with van der Waals surface area (Å²) >= 11 is 0. The largest absolute Gasteiger partial charge is 0.448 e. The van der Waals surface area contributed by atoms with E-state index in [-0.39, 0.29) is 12.1 Å². The monoisotopic (exact) mass is 171 g/mol. The Morgan fingerprint density at radius 2 is 2.00 bits per heavy atom. The minimum absolute atomic E-state index is 0.0370. The first-order chi connectivity index (χ1) is 5.74. The highest BCUT2D eigenvalue weighted by atomic mass is 16.6. The Balaban J connectivity index is 0.000000120. The summed E-state index contributed by atoms with van der Waals surface area (Å²) < 4.78 is 4.43. The predicted octanol–water partition coefficient (Wildman–Crippen LogP) is 1.03. The quantitative estimate of drug-likeness (QED) is 0.552. The molecule has 1 atom stereocenters. The van der Waals surface area contributed by atoms with Crippen molar-refractivity contribution in [2.75, 3.05) is 20.1 Å². The van der Waals surface area contributed by atoms with E-state index in [4.69, 9.17) is 0 Å². The van der Waals surface area contributed by atoms with Gasteiger partial charge in [-0.1, -0.05) is 6.92 Å². The number of nitrogens with zero attached hydrogens (tertiary/aromatic N) is 1. The van der Waals surface area contributed by atoms with Crippen LogP contribution in [0.15, 0.2) is 0 Å². The molecule has 0 bridgehead atoms. The molecule has 0 aliphatic carbocycles. The Morgan fingerprint density at radius 3 is 2.08 bits per heavy atom. The van der Waals surface area contributed by atoms with E-state index in [1.165, 1.54) is 25.9 Å². The molecule has 70 valence electrons. The predicted molar refractivity (Wildman–Crippen MR) is 46.9 cm³/mol. The summed E-state index contributed by atoms with van der Waals surface area (Å²) in [7, 11) is 2.17. The normalized spacial score (nSPS) is 27.5. The highest BCUT2D eigenvalue weighted by Crippen LogP contribution is 2.14. The molecular weight excluding hydrogens is 154 g/mol. The van der Waals surface area contributed by atoms with Gasteiger partial charge in [0, 0.05) is 0 Å². The lowest BCUT2D eigenvalue weighted by atomic mass is 10.4. The van der Waals surface area contributed by atoms with Gasteiger partial charge in [0.2, 0.25) is 0 Å². The lowest BCUT2D eigenvalue weighted by Crippen LogP contribution is -2.10. The number of hydrogen-bond acceptors (Lipinski definition) is 3. The first-order valence-electron chi connectivity index (χ1n) is 4.63. The van der Waals surface area contributed by atoms with Crippen LogP contribution in [0.1, 0.15) is 26.2 Å². The van der Waals surface area contributed by atoms with Crippen LogP contribution in [0.2, 0.25) is 0 Å². The molecule has 0 aromatic heterocycles. The van der Waals surface area contributed by atoms with E-state index in [0.717, 1.165) is 6.42 Å². The fraction of sp³-hybridized carbons (Fsp3) is 0.889. The van der Waals surface area contributed by atoms with Crippen LogP contribution in [-0.2, 0) is 9.53 Å². The molecule has 0 saturated carbocycles. The first-order valence-corrected chi connectivity index (χ1v) is 4.63. The van der Waals surface area contributed by atoms with Crippen molar-refractivity contribution in [2.24, 2.45) is 0 Å². The Morgan fingerprint density at radius 1 is 1.50 bits per heavy atom. The number of epoxide rings is 1. The number of carbonyl (C=O) groups excluding carboxylic acids is 1. The molecule has 2 rings (SSSR count). The molecule has 0 radical (unpaired) electrons. The van der Waals surface area contributed by atoms with E-state index in [1.54, 1.807) is 0 Å². The zero-order valence-electron chi connectivity index (χ0n) is 7.88. The highest BCUT2D eigenvalue weighted by Gasteiger charge is 2.35. The van der Waals surface area contributed by atoms with Gasteiger partial charge in [0.1, 0.15) is 0 Å². The van der Waals surface area contributed by atoms with Gasteiger partial charge >= 0.3 is 5.97 Å².